The first-order valence-corrected chi connectivity index (χ1v) is 8.82. The molecular formula is C20H19N5O2. The van der Waals surface area contributed by atoms with Crippen LogP contribution in [-0.2, 0) is 12.8 Å². The van der Waals surface area contributed by atoms with Gasteiger partial charge in [0, 0.05) is 23.7 Å². The molecule has 136 valence electrons. The van der Waals surface area contributed by atoms with Gasteiger partial charge < -0.3 is 0 Å². The number of carbonyl (C=O) groups is 2. The number of carbonyl (C=O) groups excluding carboxylic acids is 2. The van der Waals surface area contributed by atoms with E-state index >= 15 is 0 Å². The summed E-state index contributed by atoms with van der Waals surface area (Å²) in [7, 11) is 0. The standard InChI is InChI=1S/C20H19N5O2/c1-13-7-9-15(10-8-13)25-17-6-2-5-16(17)18(24-25)20(27)23-22-19(26)14-4-3-11-21-12-14/h3-4,7-12H,2,5-6H2,1H3,(H,22,26)(H,23,27). The van der Waals surface area contributed by atoms with E-state index < -0.39 is 11.8 Å². The average Bonchev–Trinajstić information content (AvgIpc) is 3.30. The Hall–Kier alpha value is -3.48. The number of nitrogens with one attached hydrogen (secondary N) is 2. The zero-order valence-electron chi connectivity index (χ0n) is 14.9. The van der Waals surface area contributed by atoms with E-state index in [4.69, 9.17) is 0 Å². The fourth-order valence-electron chi connectivity index (χ4n) is 3.26. The Kier molecular flexibility index (Phi) is 4.42. The average molecular weight is 361 g/mol. The zero-order valence-corrected chi connectivity index (χ0v) is 14.9. The Morgan fingerprint density at radius 1 is 1.04 bits per heavy atom. The first-order valence-electron chi connectivity index (χ1n) is 8.82. The molecule has 0 radical (unpaired) electrons. The molecule has 2 heterocycles. The molecule has 3 aromatic rings. The lowest BCUT2D eigenvalue weighted by atomic mass is 10.2. The molecule has 0 fully saturated rings. The molecule has 7 heteroatoms. The maximum Gasteiger partial charge on any atom is 0.290 e. The molecule has 27 heavy (non-hydrogen) atoms. The van der Waals surface area contributed by atoms with Crippen LogP contribution in [0.5, 0.6) is 0 Å². The smallest absolute Gasteiger partial charge is 0.267 e. The van der Waals surface area contributed by atoms with Crippen molar-refractivity contribution in [1.82, 2.24) is 25.6 Å². The summed E-state index contributed by atoms with van der Waals surface area (Å²) in [5.74, 6) is -0.845. The molecule has 2 N–H and O–H groups in total. The third-order valence-electron chi connectivity index (χ3n) is 4.64. The highest BCUT2D eigenvalue weighted by atomic mass is 16.2. The molecule has 0 saturated heterocycles. The number of hydrazine groups is 1. The van der Waals surface area contributed by atoms with Crippen molar-refractivity contribution in [2.75, 3.05) is 0 Å². The minimum absolute atomic E-state index is 0.356. The number of hydrogen-bond donors (Lipinski definition) is 2. The molecule has 0 spiro atoms. The van der Waals surface area contributed by atoms with Crippen LogP contribution in [0.3, 0.4) is 0 Å². The number of rotatable bonds is 3. The van der Waals surface area contributed by atoms with Gasteiger partial charge in [-0.05, 0) is 50.5 Å². The highest BCUT2D eigenvalue weighted by Crippen LogP contribution is 2.27. The van der Waals surface area contributed by atoms with Crippen molar-refractivity contribution in [3.05, 3.63) is 76.9 Å². The van der Waals surface area contributed by atoms with E-state index in [1.807, 2.05) is 35.9 Å². The van der Waals surface area contributed by atoms with Crippen LogP contribution >= 0.6 is 0 Å². The predicted octanol–water partition coefficient (Wildman–Crippen LogP) is 2.14. The van der Waals surface area contributed by atoms with Gasteiger partial charge in [0.2, 0.25) is 0 Å². The second-order valence-electron chi connectivity index (χ2n) is 6.52. The molecule has 0 bridgehead atoms. The minimum atomic E-state index is -0.425. The molecule has 2 amide bonds. The summed E-state index contributed by atoms with van der Waals surface area (Å²) in [5.41, 5.74) is 9.70. The first kappa shape index (κ1) is 17.0. The highest BCUT2D eigenvalue weighted by Gasteiger charge is 2.27. The van der Waals surface area contributed by atoms with E-state index in [1.54, 1.807) is 18.3 Å². The topological polar surface area (TPSA) is 88.9 Å². The fourth-order valence-corrected chi connectivity index (χ4v) is 3.26. The molecule has 2 aromatic heterocycles. The first-order chi connectivity index (χ1) is 13.1. The minimum Gasteiger partial charge on any atom is -0.267 e. The van der Waals surface area contributed by atoms with Gasteiger partial charge in [0.15, 0.2) is 5.69 Å². The van der Waals surface area contributed by atoms with Crippen LogP contribution in [0, 0.1) is 6.92 Å². The van der Waals surface area contributed by atoms with Gasteiger partial charge in [-0.1, -0.05) is 17.7 Å². The summed E-state index contributed by atoms with van der Waals surface area (Å²) < 4.78 is 1.83. The van der Waals surface area contributed by atoms with E-state index in [2.05, 4.69) is 20.9 Å². The molecule has 7 nitrogen and oxygen atoms in total. The second-order valence-corrected chi connectivity index (χ2v) is 6.52. The summed E-state index contributed by atoms with van der Waals surface area (Å²) in [5, 5.41) is 4.52. The Morgan fingerprint density at radius 2 is 1.81 bits per heavy atom. The number of benzene rings is 1. The summed E-state index contributed by atoms with van der Waals surface area (Å²) in [6.07, 6.45) is 5.69. The van der Waals surface area contributed by atoms with Crippen molar-refractivity contribution < 1.29 is 9.59 Å². The number of pyridine rings is 1. The molecule has 4 rings (SSSR count). The molecule has 1 aliphatic carbocycles. The third-order valence-corrected chi connectivity index (χ3v) is 4.64. The molecule has 1 aromatic carbocycles. The number of nitrogens with zero attached hydrogens (tertiary/aromatic N) is 3. The van der Waals surface area contributed by atoms with Crippen LogP contribution in [-0.4, -0.2) is 26.6 Å². The van der Waals surface area contributed by atoms with Crippen LogP contribution in [0.25, 0.3) is 5.69 Å². The van der Waals surface area contributed by atoms with Crippen LogP contribution in [0.2, 0.25) is 0 Å². The van der Waals surface area contributed by atoms with Gasteiger partial charge in [0.1, 0.15) is 0 Å². The monoisotopic (exact) mass is 361 g/mol. The molecule has 0 aliphatic heterocycles. The second kappa shape index (κ2) is 7.03. The molecule has 0 saturated carbocycles. The number of fused-ring (bicyclic) bond motifs is 1. The summed E-state index contributed by atoms with van der Waals surface area (Å²) >= 11 is 0. The lowest BCUT2D eigenvalue weighted by molar-refractivity contribution is 0.0843. The Morgan fingerprint density at radius 3 is 2.56 bits per heavy atom. The van der Waals surface area contributed by atoms with Gasteiger partial charge in [-0.3, -0.25) is 25.4 Å². The summed E-state index contributed by atoms with van der Waals surface area (Å²) in [6.45, 7) is 2.03. The number of aryl methyl sites for hydroxylation is 1. The Labute approximate surface area is 156 Å². The highest BCUT2D eigenvalue weighted by molar-refractivity contribution is 5.98. The SMILES string of the molecule is Cc1ccc(-n2nc(C(=O)NNC(=O)c3cccnc3)c3c2CCC3)cc1. The summed E-state index contributed by atoms with van der Waals surface area (Å²) in [4.78, 5) is 28.6. The van der Waals surface area contributed by atoms with Crippen LogP contribution in [0.15, 0.2) is 48.8 Å². The van der Waals surface area contributed by atoms with Crippen molar-refractivity contribution in [2.24, 2.45) is 0 Å². The van der Waals surface area contributed by atoms with Gasteiger partial charge in [0.05, 0.1) is 11.3 Å². The maximum absolute atomic E-state index is 12.6. The van der Waals surface area contributed by atoms with Crippen molar-refractivity contribution in [1.29, 1.82) is 0 Å². The predicted molar refractivity (Wildman–Crippen MR) is 99.5 cm³/mol. The van der Waals surface area contributed by atoms with E-state index in [0.29, 0.717) is 11.3 Å². The van der Waals surface area contributed by atoms with Crippen molar-refractivity contribution in [2.45, 2.75) is 26.2 Å². The van der Waals surface area contributed by atoms with E-state index in [9.17, 15) is 9.59 Å². The van der Waals surface area contributed by atoms with Crippen molar-refractivity contribution in [3.8, 4) is 5.69 Å². The maximum atomic E-state index is 12.6. The van der Waals surface area contributed by atoms with E-state index in [-0.39, 0.29) is 0 Å². The van der Waals surface area contributed by atoms with E-state index in [1.165, 1.54) is 11.8 Å². The van der Waals surface area contributed by atoms with Crippen molar-refractivity contribution >= 4 is 11.8 Å². The van der Waals surface area contributed by atoms with Gasteiger partial charge in [-0.25, -0.2) is 4.68 Å². The van der Waals surface area contributed by atoms with E-state index in [0.717, 1.165) is 36.2 Å². The fraction of sp³-hybridized carbons (Fsp3) is 0.200. The van der Waals surface area contributed by atoms with Gasteiger partial charge in [0.25, 0.3) is 11.8 Å². The Bertz CT molecular complexity index is 993. The number of hydrogen-bond acceptors (Lipinski definition) is 4. The summed E-state index contributed by atoms with van der Waals surface area (Å²) in [6, 6.07) is 11.3. The largest absolute Gasteiger partial charge is 0.290 e. The molecule has 0 unspecified atom stereocenters. The number of amides is 2. The lowest BCUT2D eigenvalue weighted by Gasteiger charge is -2.07. The third kappa shape index (κ3) is 3.31. The molecule has 1 aliphatic rings. The Balaban J connectivity index is 1.55. The molecular weight excluding hydrogens is 342 g/mol. The van der Waals surface area contributed by atoms with Crippen LogP contribution < -0.4 is 10.9 Å². The number of aromatic nitrogens is 3. The van der Waals surface area contributed by atoms with Gasteiger partial charge in [-0.15, -0.1) is 0 Å². The van der Waals surface area contributed by atoms with Gasteiger partial charge in [-0.2, -0.15) is 5.10 Å². The van der Waals surface area contributed by atoms with Crippen molar-refractivity contribution in [3.63, 3.8) is 0 Å². The van der Waals surface area contributed by atoms with Crippen LogP contribution in [0.4, 0.5) is 0 Å². The van der Waals surface area contributed by atoms with Crippen LogP contribution in [0.1, 0.15) is 44.1 Å². The lowest BCUT2D eigenvalue weighted by Crippen LogP contribution is -2.42. The normalized spacial score (nSPS) is 12.5. The zero-order chi connectivity index (χ0) is 18.8. The quantitative estimate of drug-likeness (QED) is 0.700. The van der Waals surface area contributed by atoms with Gasteiger partial charge >= 0.3 is 0 Å². The molecule has 0 atom stereocenters.